The second-order valence-electron chi connectivity index (χ2n) is 7.03. The summed E-state index contributed by atoms with van der Waals surface area (Å²) in [6.07, 6.45) is 1.37. The fourth-order valence-electron chi connectivity index (χ4n) is 3.10. The number of thiazole rings is 1. The van der Waals surface area contributed by atoms with Crippen molar-refractivity contribution in [1.29, 1.82) is 5.26 Å². The van der Waals surface area contributed by atoms with Gasteiger partial charge in [0.15, 0.2) is 5.13 Å². The molecule has 2 aromatic carbocycles. The molecular weight excluding hydrogens is 450 g/mol. The number of amides is 1. The number of nitriles is 1. The summed E-state index contributed by atoms with van der Waals surface area (Å²) in [6, 6.07) is 21.7. The van der Waals surface area contributed by atoms with Crippen LogP contribution in [0.5, 0.6) is 0 Å². The van der Waals surface area contributed by atoms with Gasteiger partial charge in [0.1, 0.15) is 23.2 Å². The maximum Gasteiger partial charge on any atom is 0.338 e. The van der Waals surface area contributed by atoms with Gasteiger partial charge in [-0.05, 0) is 31.2 Å². The summed E-state index contributed by atoms with van der Waals surface area (Å²) < 4.78 is 10.8. The van der Waals surface area contributed by atoms with Gasteiger partial charge in [0.25, 0.3) is 5.91 Å². The van der Waals surface area contributed by atoms with Gasteiger partial charge in [-0.2, -0.15) is 5.26 Å². The number of aromatic nitrogens is 1. The normalized spacial score (nSPS) is 11.0. The summed E-state index contributed by atoms with van der Waals surface area (Å²) in [4.78, 5) is 28.8. The van der Waals surface area contributed by atoms with Gasteiger partial charge in [-0.1, -0.05) is 42.5 Å². The number of furan rings is 1. The van der Waals surface area contributed by atoms with Crippen LogP contribution in [-0.4, -0.2) is 23.5 Å². The summed E-state index contributed by atoms with van der Waals surface area (Å²) in [5.74, 6) is -0.0850. The van der Waals surface area contributed by atoms with Crippen LogP contribution in [0.3, 0.4) is 0 Å². The Balaban J connectivity index is 1.46. The van der Waals surface area contributed by atoms with Crippen molar-refractivity contribution in [3.05, 3.63) is 89.0 Å². The Morgan fingerprint density at radius 2 is 1.85 bits per heavy atom. The second kappa shape index (κ2) is 10.4. The van der Waals surface area contributed by atoms with E-state index in [0.29, 0.717) is 28.8 Å². The first-order valence-electron chi connectivity index (χ1n) is 10.4. The Morgan fingerprint density at radius 3 is 2.56 bits per heavy atom. The molecule has 4 rings (SSSR count). The second-order valence-corrected chi connectivity index (χ2v) is 7.89. The number of carbonyl (C=O) groups excluding carboxylic acids is 2. The quantitative estimate of drug-likeness (QED) is 0.209. The van der Waals surface area contributed by atoms with Crippen molar-refractivity contribution in [2.24, 2.45) is 0 Å². The standard InChI is InChI=1S/C26H19N3O4S/c1-2-32-25(31)19-10-8-18(9-11-19)23-13-12-21(33-23)14-20(15-27)24(30)29-26-28-22(16-34-26)17-6-4-3-5-7-17/h3-14,16H,2H2,1H3,(H,28,29,30)/b20-14-. The zero-order valence-electron chi connectivity index (χ0n) is 18.1. The van der Waals surface area contributed by atoms with E-state index < -0.39 is 11.9 Å². The molecule has 1 amide bonds. The lowest BCUT2D eigenvalue weighted by atomic mass is 10.1. The summed E-state index contributed by atoms with van der Waals surface area (Å²) in [7, 11) is 0. The molecule has 0 saturated heterocycles. The van der Waals surface area contributed by atoms with Gasteiger partial charge in [0, 0.05) is 22.6 Å². The van der Waals surface area contributed by atoms with Gasteiger partial charge in [0.05, 0.1) is 17.9 Å². The van der Waals surface area contributed by atoms with E-state index >= 15 is 0 Å². The summed E-state index contributed by atoms with van der Waals surface area (Å²) >= 11 is 1.28. The number of anilines is 1. The number of nitrogens with zero attached hydrogens (tertiary/aromatic N) is 2. The van der Waals surface area contributed by atoms with E-state index in [9.17, 15) is 14.9 Å². The molecule has 0 aliphatic carbocycles. The Kier molecular flexibility index (Phi) is 6.96. The molecule has 0 bridgehead atoms. The molecule has 0 fully saturated rings. The molecule has 0 aliphatic rings. The molecule has 4 aromatic rings. The molecule has 0 unspecified atom stereocenters. The van der Waals surface area contributed by atoms with Gasteiger partial charge in [-0.25, -0.2) is 9.78 Å². The van der Waals surface area contributed by atoms with Gasteiger partial charge >= 0.3 is 5.97 Å². The third kappa shape index (κ3) is 5.28. The van der Waals surface area contributed by atoms with Crippen molar-refractivity contribution in [3.8, 4) is 28.7 Å². The predicted molar refractivity (Wildman–Crippen MR) is 130 cm³/mol. The number of rotatable bonds is 7. The van der Waals surface area contributed by atoms with Crippen LogP contribution >= 0.6 is 11.3 Å². The average Bonchev–Trinajstić information content (AvgIpc) is 3.53. The molecule has 0 atom stereocenters. The minimum Gasteiger partial charge on any atom is -0.462 e. The van der Waals surface area contributed by atoms with Crippen molar-refractivity contribution >= 4 is 34.4 Å². The molecule has 0 spiro atoms. The van der Waals surface area contributed by atoms with Crippen molar-refractivity contribution < 1.29 is 18.7 Å². The monoisotopic (exact) mass is 469 g/mol. The maximum absolute atomic E-state index is 12.6. The van der Waals surface area contributed by atoms with Crippen LogP contribution in [0.4, 0.5) is 5.13 Å². The lowest BCUT2D eigenvalue weighted by molar-refractivity contribution is -0.112. The van der Waals surface area contributed by atoms with Crippen LogP contribution in [-0.2, 0) is 9.53 Å². The molecule has 0 saturated carbocycles. The van der Waals surface area contributed by atoms with Crippen molar-refractivity contribution in [2.45, 2.75) is 6.92 Å². The SMILES string of the molecule is CCOC(=O)c1ccc(-c2ccc(/C=C(/C#N)C(=O)Nc3nc(-c4ccccc4)cs3)o2)cc1. The molecule has 2 heterocycles. The van der Waals surface area contributed by atoms with E-state index in [1.807, 2.05) is 41.8 Å². The van der Waals surface area contributed by atoms with Crippen LogP contribution in [0.1, 0.15) is 23.0 Å². The van der Waals surface area contributed by atoms with Crippen molar-refractivity contribution in [2.75, 3.05) is 11.9 Å². The molecule has 0 radical (unpaired) electrons. The van der Waals surface area contributed by atoms with Crippen LogP contribution in [0.2, 0.25) is 0 Å². The lowest BCUT2D eigenvalue weighted by Crippen LogP contribution is -2.13. The van der Waals surface area contributed by atoms with Crippen LogP contribution < -0.4 is 5.32 Å². The van der Waals surface area contributed by atoms with Crippen LogP contribution in [0.15, 0.2) is 82.1 Å². The molecule has 2 aromatic heterocycles. The maximum atomic E-state index is 12.6. The van der Waals surface area contributed by atoms with Crippen LogP contribution in [0, 0.1) is 11.3 Å². The third-order valence-electron chi connectivity index (χ3n) is 4.75. The Labute approximate surface area is 200 Å². The highest BCUT2D eigenvalue weighted by molar-refractivity contribution is 7.14. The highest BCUT2D eigenvalue weighted by Crippen LogP contribution is 2.26. The smallest absolute Gasteiger partial charge is 0.338 e. The van der Waals surface area contributed by atoms with E-state index in [-0.39, 0.29) is 5.57 Å². The number of esters is 1. The summed E-state index contributed by atoms with van der Waals surface area (Å²) in [5.41, 5.74) is 2.75. The molecule has 7 nitrogen and oxygen atoms in total. The number of hydrogen-bond acceptors (Lipinski definition) is 7. The van der Waals surface area contributed by atoms with E-state index in [1.54, 1.807) is 43.3 Å². The topological polar surface area (TPSA) is 105 Å². The highest BCUT2D eigenvalue weighted by Gasteiger charge is 2.14. The zero-order chi connectivity index (χ0) is 23.9. The fourth-order valence-corrected chi connectivity index (χ4v) is 3.81. The molecule has 34 heavy (non-hydrogen) atoms. The Bertz CT molecular complexity index is 1380. The van der Waals surface area contributed by atoms with Gasteiger partial charge in [-0.15, -0.1) is 11.3 Å². The number of benzene rings is 2. The summed E-state index contributed by atoms with van der Waals surface area (Å²) in [6.45, 7) is 2.05. The molecule has 168 valence electrons. The minimum absolute atomic E-state index is 0.116. The lowest BCUT2D eigenvalue weighted by Gasteiger charge is -2.02. The predicted octanol–water partition coefficient (Wildman–Crippen LogP) is 5.79. The first-order chi connectivity index (χ1) is 16.6. The van der Waals surface area contributed by atoms with E-state index in [0.717, 1.165) is 16.8 Å². The molecule has 8 heteroatoms. The minimum atomic E-state index is -0.576. The number of carbonyl (C=O) groups is 2. The van der Waals surface area contributed by atoms with E-state index in [4.69, 9.17) is 9.15 Å². The highest BCUT2D eigenvalue weighted by atomic mass is 32.1. The van der Waals surface area contributed by atoms with Crippen molar-refractivity contribution in [3.63, 3.8) is 0 Å². The van der Waals surface area contributed by atoms with Crippen LogP contribution in [0.25, 0.3) is 28.7 Å². The Hall–Kier alpha value is -4.48. The fraction of sp³-hybridized carbons (Fsp3) is 0.0769. The first-order valence-corrected chi connectivity index (χ1v) is 11.3. The Morgan fingerprint density at radius 1 is 1.09 bits per heavy atom. The first kappa shape index (κ1) is 22.7. The summed E-state index contributed by atoms with van der Waals surface area (Å²) in [5, 5.41) is 14.4. The van der Waals surface area contributed by atoms with Crippen molar-refractivity contribution in [1.82, 2.24) is 4.98 Å². The molecule has 1 N–H and O–H groups in total. The van der Waals surface area contributed by atoms with E-state index in [1.165, 1.54) is 17.4 Å². The number of ether oxygens (including phenoxy) is 1. The van der Waals surface area contributed by atoms with Gasteiger partial charge in [0.2, 0.25) is 0 Å². The zero-order valence-corrected chi connectivity index (χ0v) is 19.0. The largest absolute Gasteiger partial charge is 0.462 e. The third-order valence-corrected chi connectivity index (χ3v) is 5.51. The molecule has 0 aliphatic heterocycles. The number of nitrogens with one attached hydrogen (secondary N) is 1. The van der Waals surface area contributed by atoms with Gasteiger partial charge in [-0.3, -0.25) is 10.1 Å². The van der Waals surface area contributed by atoms with Gasteiger partial charge < -0.3 is 9.15 Å². The van der Waals surface area contributed by atoms with E-state index in [2.05, 4.69) is 10.3 Å². The molecular formula is C26H19N3O4S. The number of hydrogen-bond donors (Lipinski definition) is 1. The average molecular weight is 470 g/mol.